The molecule has 0 bridgehead atoms. The lowest BCUT2D eigenvalue weighted by Crippen LogP contribution is -2.49. The predicted octanol–water partition coefficient (Wildman–Crippen LogP) is 0.536. The number of carboxylic acids is 1. The summed E-state index contributed by atoms with van der Waals surface area (Å²) in [5.74, 6) is -1.64. The maximum Gasteiger partial charge on any atom is 0.307 e. The molecule has 6 nitrogen and oxygen atoms in total. The Hall–Kier alpha value is -0.660. The van der Waals surface area contributed by atoms with Gasteiger partial charge in [-0.05, 0) is 26.7 Å². The van der Waals surface area contributed by atoms with Crippen LogP contribution in [0.3, 0.4) is 0 Å². The number of carboxylic acid groups (broad SMARTS) is 1. The number of sulfonamides is 1. The van der Waals surface area contributed by atoms with Gasteiger partial charge >= 0.3 is 5.97 Å². The molecule has 3 atom stereocenters. The number of ether oxygens (including phenoxy) is 1. The van der Waals surface area contributed by atoms with Gasteiger partial charge in [0.15, 0.2) is 0 Å². The van der Waals surface area contributed by atoms with E-state index in [9.17, 15) is 13.2 Å². The first kappa shape index (κ1) is 15.4. The number of carbonyl (C=O) groups is 1. The molecule has 3 unspecified atom stereocenters. The molecular weight excluding hydrogens is 258 g/mol. The van der Waals surface area contributed by atoms with Crippen molar-refractivity contribution >= 4 is 16.0 Å². The van der Waals surface area contributed by atoms with E-state index >= 15 is 0 Å². The molecule has 0 aromatic carbocycles. The maximum atomic E-state index is 12.2. The topological polar surface area (TPSA) is 83.9 Å². The smallest absolute Gasteiger partial charge is 0.307 e. The molecule has 0 aromatic heterocycles. The van der Waals surface area contributed by atoms with E-state index in [1.807, 2.05) is 6.92 Å². The first-order valence-electron chi connectivity index (χ1n) is 6.03. The van der Waals surface area contributed by atoms with E-state index in [0.29, 0.717) is 12.8 Å². The third-order valence-electron chi connectivity index (χ3n) is 3.38. The second-order valence-corrected chi connectivity index (χ2v) is 6.82. The zero-order chi connectivity index (χ0) is 13.9. The van der Waals surface area contributed by atoms with Gasteiger partial charge in [0, 0.05) is 19.7 Å². The van der Waals surface area contributed by atoms with Crippen LogP contribution in [-0.4, -0.2) is 55.4 Å². The highest BCUT2D eigenvalue weighted by molar-refractivity contribution is 7.89. The molecule has 0 aromatic rings. The van der Waals surface area contributed by atoms with E-state index in [4.69, 9.17) is 9.84 Å². The minimum atomic E-state index is -3.47. The summed E-state index contributed by atoms with van der Waals surface area (Å²) in [5.41, 5.74) is 0. The Labute approximate surface area is 108 Å². The van der Waals surface area contributed by atoms with Crippen LogP contribution in [0.4, 0.5) is 0 Å². The van der Waals surface area contributed by atoms with E-state index in [-0.39, 0.29) is 18.3 Å². The lowest BCUT2D eigenvalue weighted by Gasteiger charge is -2.35. The van der Waals surface area contributed by atoms with Crippen LogP contribution < -0.4 is 0 Å². The van der Waals surface area contributed by atoms with E-state index in [1.54, 1.807) is 6.92 Å². The van der Waals surface area contributed by atoms with Gasteiger partial charge in [0.2, 0.25) is 10.0 Å². The lowest BCUT2D eigenvalue weighted by atomic mass is 9.96. The number of aliphatic carboxylic acids is 1. The minimum absolute atomic E-state index is 0.0647. The zero-order valence-corrected chi connectivity index (χ0v) is 11.8. The van der Waals surface area contributed by atoms with E-state index in [1.165, 1.54) is 11.4 Å². The molecule has 1 aliphatic heterocycles. The molecule has 0 radical (unpaired) electrons. The van der Waals surface area contributed by atoms with Crippen molar-refractivity contribution in [3.8, 4) is 0 Å². The molecule has 1 heterocycles. The van der Waals surface area contributed by atoms with Crippen molar-refractivity contribution in [1.82, 2.24) is 4.31 Å². The van der Waals surface area contributed by atoms with Crippen molar-refractivity contribution in [2.75, 3.05) is 19.4 Å². The van der Waals surface area contributed by atoms with Crippen molar-refractivity contribution in [1.29, 1.82) is 0 Å². The normalized spacial score (nSPS) is 27.9. The summed E-state index contributed by atoms with van der Waals surface area (Å²) in [7, 11) is -2.01. The van der Waals surface area contributed by atoms with Crippen molar-refractivity contribution in [2.45, 2.75) is 38.8 Å². The highest BCUT2D eigenvalue weighted by Gasteiger charge is 2.37. The fraction of sp³-hybridized carbons (Fsp3) is 0.909. The predicted molar refractivity (Wildman–Crippen MR) is 66.8 cm³/mol. The standard InChI is InChI=1S/C11H21NO5S/c1-8-4-5-10(11(13)14)6-12(8)18(15,16)7-9(2)17-3/h8-10H,4-7H2,1-3H3,(H,13,14). The van der Waals surface area contributed by atoms with Gasteiger partial charge in [-0.2, -0.15) is 4.31 Å². The molecule has 1 saturated heterocycles. The average Bonchev–Trinajstić information content (AvgIpc) is 2.28. The Kier molecular flexibility index (Phi) is 5.12. The van der Waals surface area contributed by atoms with Gasteiger partial charge in [-0.15, -0.1) is 0 Å². The van der Waals surface area contributed by atoms with Gasteiger partial charge < -0.3 is 9.84 Å². The monoisotopic (exact) mass is 279 g/mol. The van der Waals surface area contributed by atoms with Crippen LogP contribution in [0.5, 0.6) is 0 Å². The largest absolute Gasteiger partial charge is 0.481 e. The number of hydrogen-bond acceptors (Lipinski definition) is 4. The zero-order valence-electron chi connectivity index (χ0n) is 11.0. The molecule has 0 aliphatic carbocycles. The minimum Gasteiger partial charge on any atom is -0.481 e. The summed E-state index contributed by atoms with van der Waals surface area (Å²) in [6.07, 6.45) is 0.715. The third kappa shape index (κ3) is 3.66. The lowest BCUT2D eigenvalue weighted by molar-refractivity contribution is -0.143. The molecule has 7 heteroatoms. The molecule has 1 rings (SSSR count). The second-order valence-electron chi connectivity index (χ2n) is 4.86. The molecule has 0 spiro atoms. The Morgan fingerprint density at radius 1 is 1.50 bits per heavy atom. The highest BCUT2D eigenvalue weighted by atomic mass is 32.2. The summed E-state index contributed by atoms with van der Waals surface area (Å²) in [6.45, 7) is 3.56. The van der Waals surface area contributed by atoms with Gasteiger partial charge in [0.05, 0.1) is 17.8 Å². The molecule has 0 saturated carbocycles. The van der Waals surface area contributed by atoms with Gasteiger partial charge in [0.1, 0.15) is 0 Å². The highest BCUT2D eigenvalue weighted by Crippen LogP contribution is 2.25. The number of methoxy groups -OCH3 is 1. The summed E-state index contributed by atoms with van der Waals surface area (Å²) >= 11 is 0. The van der Waals surface area contributed by atoms with E-state index < -0.39 is 28.0 Å². The van der Waals surface area contributed by atoms with Gasteiger partial charge in [0.25, 0.3) is 0 Å². The molecule has 106 valence electrons. The van der Waals surface area contributed by atoms with Crippen LogP contribution in [0, 0.1) is 5.92 Å². The summed E-state index contributed by atoms with van der Waals surface area (Å²) in [5, 5.41) is 8.99. The molecular formula is C11H21NO5S. The van der Waals surface area contributed by atoms with Gasteiger partial charge in [-0.1, -0.05) is 0 Å². The molecule has 0 amide bonds. The van der Waals surface area contributed by atoms with Crippen molar-refractivity contribution in [2.24, 2.45) is 5.92 Å². The molecule has 1 N–H and O–H groups in total. The van der Waals surface area contributed by atoms with Crippen LogP contribution in [-0.2, 0) is 19.6 Å². The van der Waals surface area contributed by atoms with Crippen molar-refractivity contribution < 1.29 is 23.1 Å². The SMILES string of the molecule is COC(C)CS(=O)(=O)N1CC(C(=O)O)CCC1C. The van der Waals surface area contributed by atoms with Crippen LogP contribution in [0.25, 0.3) is 0 Å². The van der Waals surface area contributed by atoms with Crippen LogP contribution >= 0.6 is 0 Å². The first-order chi connectivity index (χ1) is 8.27. The van der Waals surface area contributed by atoms with E-state index in [2.05, 4.69) is 0 Å². The molecule has 1 aliphatic rings. The number of rotatable bonds is 5. The number of hydrogen-bond donors (Lipinski definition) is 1. The van der Waals surface area contributed by atoms with Gasteiger partial charge in [-0.3, -0.25) is 4.79 Å². The number of piperidine rings is 1. The van der Waals surface area contributed by atoms with Crippen molar-refractivity contribution in [3.63, 3.8) is 0 Å². The van der Waals surface area contributed by atoms with Crippen LogP contribution in [0.15, 0.2) is 0 Å². The maximum absolute atomic E-state index is 12.2. The Bertz CT molecular complexity index is 394. The Morgan fingerprint density at radius 2 is 2.11 bits per heavy atom. The fourth-order valence-corrected chi connectivity index (χ4v) is 4.11. The Balaban J connectivity index is 2.81. The molecule has 18 heavy (non-hydrogen) atoms. The summed E-state index contributed by atoms with van der Waals surface area (Å²) in [4.78, 5) is 11.0. The number of nitrogens with zero attached hydrogens (tertiary/aromatic N) is 1. The summed E-state index contributed by atoms with van der Waals surface area (Å²) in [6, 6.07) is -0.144. The van der Waals surface area contributed by atoms with Crippen LogP contribution in [0.2, 0.25) is 0 Å². The third-order valence-corrected chi connectivity index (χ3v) is 5.49. The first-order valence-corrected chi connectivity index (χ1v) is 7.64. The van der Waals surface area contributed by atoms with Crippen molar-refractivity contribution in [3.05, 3.63) is 0 Å². The average molecular weight is 279 g/mol. The van der Waals surface area contributed by atoms with Crippen LogP contribution in [0.1, 0.15) is 26.7 Å². The fourth-order valence-electron chi connectivity index (χ4n) is 2.12. The second kappa shape index (κ2) is 5.99. The van der Waals surface area contributed by atoms with E-state index in [0.717, 1.165) is 0 Å². The summed E-state index contributed by atoms with van der Waals surface area (Å²) < 4.78 is 30.6. The van der Waals surface area contributed by atoms with Gasteiger partial charge in [-0.25, -0.2) is 8.42 Å². The quantitative estimate of drug-likeness (QED) is 0.794. The molecule has 1 fully saturated rings. The Morgan fingerprint density at radius 3 is 2.61 bits per heavy atom.